The zero-order chi connectivity index (χ0) is 20.7. The molecular formula is C20H22F3N3O3. The minimum atomic E-state index is -4.16. The lowest BCUT2D eigenvalue weighted by Crippen LogP contribution is -2.39. The van der Waals surface area contributed by atoms with Gasteiger partial charge in [-0.3, -0.25) is 0 Å². The van der Waals surface area contributed by atoms with Crippen LogP contribution in [0, 0.1) is 0 Å². The van der Waals surface area contributed by atoms with E-state index in [1.54, 1.807) is 11.0 Å². The second-order valence-corrected chi connectivity index (χ2v) is 6.77. The fourth-order valence-electron chi connectivity index (χ4n) is 3.00. The monoisotopic (exact) mass is 409 g/mol. The van der Waals surface area contributed by atoms with Crippen molar-refractivity contribution in [3.63, 3.8) is 0 Å². The van der Waals surface area contributed by atoms with Gasteiger partial charge in [0.25, 0.3) is 0 Å². The minimum absolute atomic E-state index is 0.0236. The third-order valence-electron chi connectivity index (χ3n) is 4.48. The smallest absolute Gasteiger partial charge is 0.389 e. The molecule has 0 aliphatic carbocycles. The summed E-state index contributed by atoms with van der Waals surface area (Å²) in [5.41, 5.74) is 2.65. The zero-order valence-electron chi connectivity index (χ0n) is 15.7. The van der Waals surface area contributed by atoms with E-state index >= 15 is 0 Å². The summed E-state index contributed by atoms with van der Waals surface area (Å²) in [6, 6.07) is 7.08. The number of amides is 2. The van der Waals surface area contributed by atoms with Gasteiger partial charge in [-0.05, 0) is 37.0 Å². The molecule has 0 atom stereocenters. The average molecular weight is 409 g/mol. The third kappa shape index (κ3) is 6.85. The quantitative estimate of drug-likeness (QED) is 0.674. The van der Waals surface area contributed by atoms with Gasteiger partial charge in [0.1, 0.15) is 17.7 Å². The number of carbonyl (C=O) groups excluding carboxylic acids is 1. The lowest BCUT2D eigenvalue weighted by molar-refractivity contribution is -0.136. The molecule has 156 valence electrons. The van der Waals surface area contributed by atoms with Gasteiger partial charge in [-0.2, -0.15) is 13.2 Å². The first kappa shape index (κ1) is 20.8. The van der Waals surface area contributed by atoms with E-state index in [-0.39, 0.29) is 19.1 Å². The number of halogens is 3. The van der Waals surface area contributed by atoms with Crippen LogP contribution in [0.4, 0.5) is 23.7 Å². The van der Waals surface area contributed by atoms with Crippen molar-refractivity contribution in [1.29, 1.82) is 0 Å². The fourth-order valence-corrected chi connectivity index (χ4v) is 3.00. The maximum atomic E-state index is 12.2. The van der Waals surface area contributed by atoms with E-state index in [9.17, 15) is 18.0 Å². The van der Waals surface area contributed by atoms with Crippen molar-refractivity contribution in [1.82, 2.24) is 10.1 Å². The van der Waals surface area contributed by atoms with Crippen LogP contribution in [0.2, 0.25) is 0 Å². The van der Waals surface area contributed by atoms with E-state index in [1.807, 2.05) is 24.3 Å². The number of hydrogen-bond donors (Lipinski definition) is 1. The van der Waals surface area contributed by atoms with Crippen LogP contribution in [-0.4, -0.2) is 42.0 Å². The molecule has 1 N–H and O–H groups in total. The average Bonchev–Trinajstić information content (AvgIpc) is 3.18. The molecule has 1 aliphatic heterocycles. The Morgan fingerprint density at radius 3 is 2.79 bits per heavy atom. The predicted octanol–water partition coefficient (Wildman–Crippen LogP) is 5.11. The molecule has 3 rings (SSSR count). The Morgan fingerprint density at radius 1 is 1.31 bits per heavy atom. The lowest BCUT2D eigenvalue weighted by Gasteiger charge is -2.28. The van der Waals surface area contributed by atoms with Crippen LogP contribution in [0.15, 0.2) is 46.8 Å². The summed E-state index contributed by atoms with van der Waals surface area (Å²) in [6.45, 7) is 1.21. The molecule has 1 aromatic heterocycles. The highest BCUT2D eigenvalue weighted by Gasteiger charge is 2.26. The number of anilines is 1. The molecule has 2 amide bonds. The standard InChI is InChI=1S/C20H22F3N3O3/c21-20(22,23)7-2-10-28-18-4-1-3-16(12-18)11-15-5-8-26(9-6-15)19(27)25-17-13-24-29-14-17/h1,3-4,11-14H,2,5-10H2,(H,25,27). The van der Waals surface area contributed by atoms with Crippen molar-refractivity contribution < 1.29 is 27.2 Å². The van der Waals surface area contributed by atoms with Gasteiger partial charge in [0.15, 0.2) is 0 Å². The summed E-state index contributed by atoms with van der Waals surface area (Å²) in [5.74, 6) is 0.548. The van der Waals surface area contributed by atoms with Gasteiger partial charge in [-0.15, -0.1) is 0 Å². The summed E-state index contributed by atoms with van der Waals surface area (Å²) in [7, 11) is 0. The molecule has 0 spiro atoms. The molecule has 0 saturated carbocycles. The summed E-state index contributed by atoms with van der Waals surface area (Å²) in [6.07, 6.45) is 1.26. The number of nitrogens with zero attached hydrogens (tertiary/aromatic N) is 2. The van der Waals surface area contributed by atoms with Gasteiger partial charge < -0.3 is 19.5 Å². The van der Waals surface area contributed by atoms with E-state index in [0.29, 0.717) is 24.5 Å². The number of alkyl halides is 3. The van der Waals surface area contributed by atoms with Crippen molar-refractivity contribution in [2.75, 3.05) is 25.0 Å². The van der Waals surface area contributed by atoms with Crippen LogP contribution in [0.1, 0.15) is 31.2 Å². The minimum Gasteiger partial charge on any atom is -0.494 e. The van der Waals surface area contributed by atoms with Gasteiger partial charge in [-0.1, -0.05) is 28.9 Å². The molecule has 2 aromatic rings. The Labute approximate surface area is 166 Å². The second kappa shape index (κ2) is 9.49. The van der Waals surface area contributed by atoms with Crippen LogP contribution >= 0.6 is 0 Å². The number of likely N-dealkylation sites (tertiary alicyclic amines) is 1. The topological polar surface area (TPSA) is 67.6 Å². The molecule has 1 fully saturated rings. The van der Waals surface area contributed by atoms with Crippen molar-refractivity contribution in [2.45, 2.75) is 31.9 Å². The highest BCUT2D eigenvalue weighted by molar-refractivity contribution is 5.89. The third-order valence-corrected chi connectivity index (χ3v) is 4.48. The van der Waals surface area contributed by atoms with Crippen LogP contribution in [0.25, 0.3) is 6.08 Å². The molecule has 2 heterocycles. The molecule has 29 heavy (non-hydrogen) atoms. The Balaban J connectivity index is 1.48. The van der Waals surface area contributed by atoms with Crippen LogP contribution < -0.4 is 10.1 Å². The zero-order valence-corrected chi connectivity index (χ0v) is 15.7. The first-order valence-corrected chi connectivity index (χ1v) is 9.33. The van der Waals surface area contributed by atoms with Gasteiger partial charge >= 0.3 is 12.2 Å². The van der Waals surface area contributed by atoms with Gasteiger partial charge in [-0.25, -0.2) is 4.79 Å². The molecule has 1 aliphatic rings. The molecule has 9 heteroatoms. The molecular weight excluding hydrogens is 387 g/mol. The summed E-state index contributed by atoms with van der Waals surface area (Å²) in [5, 5.41) is 6.26. The van der Waals surface area contributed by atoms with Crippen LogP contribution in [0.5, 0.6) is 5.75 Å². The van der Waals surface area contributed by atoms with Crippen LogP contribution in [0.3, 0.4) is 0 Å². The van der Waals surface area contributed by atoms with E-state index in [0.717, 1.165) is 18.4 Å². The highest BCUT2D eigenvalue weighted by atomic mass is 19.4. The largest absolute Gasteiger partial charge is 0.494 e. The molecule has 0 bridgehead atoms. The van der Waals surface area contributed by atoms with Crippen molar-refractivity contribution in [3.05, 3.63) is 47.9 Å². The SMILES string of the molecule is O=C(Nc1cnoc1)N1CCC(=Cc2cccc(OCCCC(F)(F)F)c2)CC1. The molecule has 0 unspecified atom stereocenters. The van der Waals surface area contributed by atoms with E-state index in [4.69, 9.17) is 4.74 Å². The molecule has 0 radical (unpaired) electrons. The first-order valence-electron chi connectivity index (χ1n) is 9.33. The van der Waals surface area contributed by atoms with Gasteiger partial charge in [0.2, 0.25) is 0 Å². The van der Waals surface area contributed by atoms with Crippen molar-refractivity contribution in [2.24, 2.45) is 0 Å². The molecule has 1 saturated heterocycles. The number of piperidine rings is 1. The summed E-state index contributed by atoms with van der Waals surface area (Å²) < 4.78 is 46.7. The number of aromatic nitrogens is 1. The van der Waals surface area contributed by atoms with Gasteiger partial charge in [0.05, 0.1) is 12.8 Å². The Bertz CT molecular complexity index is 825. The number of urea groups is 1. The van der Waals surface area contributed by atoms with Crippen molar-refractivity contribution >= 4 is 17.8 Å². The Morgan fingerprint density at radius 2 is 2.10 bits per heavy atom. The number of carbonyl (C=O) groups is 1. The van der Waals surface area contributed by atoms with Crippen molar-refractivity contribution in [3.8, 4) is 5.75 Å². The fraction of sp³-hybridized carbons (Fsp3) is 0.400. The Kier molecular flexibility index (Phi) is 6.79. The summed E-state index contributed by atoms with van der Waals surface area (Å²) in [4.78, 5) is 13.9. The lowest BCUT2D eigenvalue weighted by atomic mass is 10.0. The van der Waals surface area contributed by atoms with E-state index in [2.05, 4.69) is 15.0 Å². The maximum Gasteiger partial charge on any atom is 0.389 e. The molecule has 6 nitrogen and oxygen atoms in total. The highest BCUT2D eigenvalue weighted by Crippen LogP contribution is 2.24. The normalized spacial score (nSPS) is 14.6. The maximum absolute atomic E-state index is 12.2. The van der Waals surface area contributed by atoms with E-state index < -0.39 is 12.6 Å². The number of hydrogen-bond acceptors (Lipinski definition) is 4. The number of ether oxygens (including phenoxy) is 1. The van der Waals surface area contributed by atoms with Crippen LogP contribution in [-0.2, 0) is 0 Å². The number of nitrogens with one attached hydrogen (secondary N) is 1. The van der Waals surface area contributed by atoms with E-state index in [1.165, 1.54) is 18.0 Å². The second-order valence-electron chi connectivity index (χ2n) is 6.77. The number of benzene rings is 1. The predicted molar refractivity (Wildman–Crippen MR) is 102 cm³/mol. The van der Waals surface area contributed by atoms with Gasteiger partial charge in [0, 0.05) is 19.5 Å². The summed E-state index contributed by atoms with van der Waals surface area (Å²) >= 11 is 0. The first-order chi connectivity index (χ1) is 13.9. The number of rotatable bonds is 6. The Hall–Kier alpha value is -2.97. The molecule has 1 aromatic carbocycles.